The Kier molecular flexibility index (Phi) is 8.79. The molecule has 0 radical (unpaired) electrons. The van der Waals surface area contributed by atoms with Gasteiger partial charge in [0.25, 0.3) is 5.92 Å². The lowest BCUT2D eigenvalue weighted by Gasteiger charge is -2.25. The van der Waals surface area contributed by atoms with Crippen LogP contribution >= 0.6 is 24.8 Å². The SMILES string of the molecule is Cl.Cl.FC1(F)CNC1.F[C@H]1CNC[C@@H]1F. The monoisotopic (exact) mass is 272 g/mol. The second-order valence-electron chi connectivity index (χ2n) is 3.15. The molecule has 15 heavy (non-hydrogen) atoms. The average molecular weight is 273 g/mol. The first-order chi connectivity index (χ1) is 6.01. The molecule has 2 saturated heterocycles. The largest absolute Gasteiger partial charge is 0.311 e. The van der Waals surface area contributed by atoms with Crippen LogP contribution in [0.1, 0.15) is 0 Å². The van der Waals surface area contributed by atoms with Crippen LogP contribution in [0.15, 0.2) is 0 Å². The highest BCUT2D eigenvalue weighted by atomic mass is 35.5. The van der Waals surface area contributed by atoms with Crippen molar-refractivity contribution in [2.24, 2.45) is 0 Å². The van der Waals surface area contributed by atoms with Gasteiger partial charge in [0.2, 0.25) is 0 Å². The maximum absolute atomic E-state index is 11.9. The Morgan fingerprint density at radius 3 is 1.27 bits per heavy atom. The molecule has 2 aliphatic rings. The van der Waals surface area contributed by atoms with Crippen molar-refractivity contribution in [3.8, 4) is 0 Å². The molecule has 2 fully saturated rings. The lowest BCUT2D eigenvalue weighted by atomic mass is 10.2. The molecule has 0 unspecified atom stereocenters. The van der Waals surface area contributed by atoms with Crippen LogP contribution in [0.5, 0.6) is 0 Å². The Bertz CT molecular complexity index is 159. The molecular weight excluding hydrogens is 259 g/mol. The molecule has 94 valence electrons. The van der Waals surface area contributed by atoms with E-state index in [9.17, 15) is 17.6 Å². The van der Waals surface area contributed by atoms with Gasteiger partial charge in [-0.05, 0) is 0 Å². The van der Waals surface area contributed by atoms with Gasteiger partial charge in [0, 0.05) is 13.1 Å². The Morgan fingerprint density at radius 1 is 0.867 bits per heavy atom. The second kappa shape index (κ2) is 7.49. The molecule has 0 amide bonds. The molecule has 2 aliphatic heterocycles. The van der Waals surface area contributed by atoms with E-state index in [1.807, 2.05) is 0 Å². The Balaban J connectivity index is 0. The van der Waals surface area contributed by atoms with E-state index in [4.69, 9.17) is 0 Å². The minimum absolute atomic E-state index is 0. The number of halogens is 6. The molecular formula is C7H14Cl2F4N2. The smallest absolute Gasteiger partial charge is 0.272 e. The van der Waals surface area contributed by atoms with Crippen molar-refractivity contribution in [3.05, 3.63) is 0 Å². The highest BCUT2D eigenvalue weighted by molar-refractivity contribution is 5.85. The van der Waals surface area contributed by atoms with Crippen LogP contribution in [-0.4, -0.2) is 44.4 Å². The molecule has 0 aromatic carbocycles. The number of rotatable bonds is 0. The first kappa shape index (κ1) is 17.6. The Morgan fingerprint density at radius 2 is 1.20 bits per heavy atom. The maximum Gasteiger partial charge on any atom is 0.272 e. The van der Waals surface area contributed by atoms with Crippen LogP contribution in [-0.2, 0) is 0 Å². The van der Waals surface area contributed by atoms with Crippen LogP contribution in [0.4, 0.5) is 17.6 Å². The number of hydrogen-bond donors (Lipinski definition) is 2. The Hall–Kier alpha value is 0.220. The number of alkyl halides is 4. The first-order valence-corrected chi connectivity index (χ1v) is 4.09. The summed E-state index contributed by atoms with van der Waals surface area (Å²) < 4.78 is 46.7. The van der Waals surface area contributed by atoms with Crippen molar-refractivity contribution in [3.63, 3.8) is 0 Å². The molecule has 0 aliphatic carbocycles. The quantitative estimate of drug-likeness (QED) is 0.651. The summed E-state index contributed by atoms with van der Waals surface area (Å²) >= 11 is 0. The van der Waals surface area contributed by atoms with Crippen molar-refractivity contribution in [1.29, 1.82) is 0 Å². The summed E-state index contributed by atoms with van der Waals surface area (Å²) in [6.45, 7) is 0.0995. The van der Waals surface area contributed by atoms with E-state index < -0.39 is 18.3 Å². The summed E-state index contributed by atoms with van der Waals surface area (Å²) in [6, 6.07) is 0. The van der Waals surface area contributed by atoms with Gasteiger partial charge in [-0.15, -0.1) is 24.8 Å². The van der Waals surface area contributed by atoms with E-state index in [2.05, 4.69) is 10.6 Å². The van der Waals surface area contributed by atoms with Crippen molar-refractivity contribution in [2.75, 3.05) is 26.2 Å². The van der Waals surface area contributed by atoms with E-state index in [-0.39, 0.29) is 51.0 Å². The van der Waals surface area contributed by atoms with Crippen LogP contribution in [0, 0.1) is 0 Å². The summed E-state index contributed by atoms with van der Waals surface area (Å²) in [6.07, 6.45) is -2.53. The third-order valence-electron chi connectivity index (χ3n) is 1.84. The molecule has 0 saturated carbocycles. The normalized spacial score (nSPS) is 31.2. The third-order valence-corrected chi connectivity index (χ3v) is 1.84. The minimum Gasteiger partial charge on any atom is -0.311 e. The molecule has 0 bridgehead atoms. The van der Waals surface area contributed by atoms with Gasteiger partial charge in [-0.2, -0.15) is 0 Å². The summed E-state index contributed by atoms with van der Waals surface area (Å²) in [5, 5.41) is 5.02. The van der Waals surface area contributed by atoms with Crippen LogP contribution in [0.25, 0.3) is 0 Å². The summed E-state index contributed by atoms with van der Waals surface area (Å²) in [4.78, 5) is 0. The Labute approximate surface area is 98.0 Å². The fraction of sp³-hybridized carbons (Fsp3) is 1.00. The summed E-state index contributed by atoms with van der Waals surface area (Å²) in [5.41, 5.74) is 0. The van der Waals surface area contributed by atoms with Crippen LogP contribution in [0.2, 0.25) is 0 Å². The van der Waals surface area contributed by atoms with Crippen molar-refractivity contribution in [2.45, 2.75) is 18.3 Å². The molecule has 8 heteroatoms. The predicted molar refractivity (Wildman–Crippen MR) is 55.0 cm³/mol. The van der Waals surface area contributed by atoms with E-state index >= 15 is 0 Å². The lowest BCUT2D eigenvalue weighted by Crippen LogP contribution is -2.52. The molecule has 0 spiro atoms. The summed E-state index contributed by atoms with van der Waals surface area (Å²) in [7, 11) is 0. The van der Waals surface area contributed by atoms with Crippen LogP contribution < -0.4 is 10.6 Å². The van der Waals surface area contributed by atoms with Gasteiger partial charge in [-0.3, -0.25) is 0 Å². The zero-order valence-electron chi connectivity index (χ0n) is 7.81. The highest BCUT2D eigenvalue weighted by Gasteiger charge is 2.36. The molecule has 2 nitrogen and oxygen atoms in total. The van der Waals surface area contributed by atoms with Gasteiger partial charge in [0.15, 0.2) is 0 Å². The zero-order valence-corrected chi connectivity index (χ0v) is 9.44. The molecule has 2 N–H and O–H groups in total. The predicted octanol–water partition coefficient (Wildman–Crippen LogP) is 1.33. The summed E-state index contributed by atoms with van der Waals surface area (Å²) in [5.74, 6) is -2.39. The van der Waals surface area contributed by atoms with Crippen molar-refractivity contribution >= 4 is 24.8 Å². The van der Waals surface area contributed by atoms with Crippen molar-refractivity contribution < 1.29 is 17.6 Å². The molecule has 0 aromatic rings. The fourth-order valence-electron chi connectivity index (χ4n) is 0.929. The van der Waals surface area contributed by atoms with Crippen molar-refractivity contribution in [1.82, 2.24) is 10.6 Å². The van der Waals surface area contributed by atoms with Crippen LogP contribution in [0.3, 0.4) is 0 Å². The van der Waals surface area contributed by atoms with E-state index in [0.29, 0.717) is 0 Å². The molecule has 0 aromatic heterocycles. The molecule has 2 rings (SSSR count). The third kappa shape index (κ3) is 6.40. The minimum atomic E-state index is -2.39. The maximum atomic E-state index is 11.9. The zero-order chi connectivity index (χ0) is 9.90. The van der Waals surface area contributed by atoms with Gasteiger partial charge in [0.1, 0.15) is 12.3 Å². The van der Waals surface area contributed by atoms with E-state index in [1.54, 1.807) is 0 Å². The average Bonchev–Trinajstić information content (AvgIpc) is 2.35. The number of hydrogen-bond acceptors (Lipinski definition) is 2. The topological polar surface area (TPSA) is 24.1 Å². The standard InChI is InChI=1S/C4H7F2N.C3H5F2N.2ClH/c5-3-1-7-2-4(3)6;4-3(5)1-6-2-3;;/h3-4,7H,1-2H2;6H,1-2H2;2*1H/t3-,4-;;;/m0.../s1. The van der Waals surface area contributed by atoms with Gasteiger partial charge < -0.3 is 10.6 Å². The van der Waals surface area contributed by atoms with E-state index in [1.165, 1.54) is 0 Å². The van der Waals surface area contributed by atoms with E-state index in [0.717, 1.165) is 0 Å². The van der Waals surface area contributed by atoms with Gasteiger partial charge in [-0.25, -0.2) is 17.6 Å². The fourth-order valence-corrected chi connectivity index (χ4v) is 0.929. The van der Waals surface area contributed by atoms with Gasteiger partial charge >= 0.3 is 0 Å². The van der Waals surface area contributed by atoms with Gasteiger partial charge in [0.05, 0.1) is 13.1 Å². The van der Waals surface area contributed by atoms with Gasteiger partial charge in [-0.1, -0.05) is 0 Å². The number of nitrogens with one attached hydrogen (secondary N) is 2. The lowest BCUT2D eigenvalue weighted by molar-refractivity contribution is -0.0475. The highest BCUT2D eigenvalue weighted by Crippen LogP contribution is 2.16. The first-order valence-electron chi connectivity index (χ1n) is 4.09. The molecule has 2 heterocycles. The second-order valence-corrected chi connectivity index (χ2v) is 3.15. The molecule has 2 atom stereocenters.